The highest BCUT2D eigenvalue weighted by molar-refractivity contribution is 14.1. The van der Waals surface area contributed by atoms with Gasteiger partial charge in [0.15, 0.2) is 0 Å². The van der Waals surface area contributed by atoms with Crippen LogP contribution in [0.15, 0.2) is 16.6 Å². The minimum atomic E-state index is -0.330. The molecule has 0 saturated heterocycles. The fourth-order valence-corrected chi connectivity index (χ4v) is 1.78. The lowest BCUT2D eigenvalue weighted by atomic mass is 10.1. The number of hydrogen-bond acceptors (Lipinski definition) is 1. The Labute approximate surface area is 91.8 Å². The topological polar surface area (TPSA) is 23.8 Å². The SMILES string of the molecule is N#CCc1c(F)ccc(I)c1Br. The zero-order valence-electron chi connectivity index (χ0n) is 5.94. The highest BCUT2D eigenvalue weighted by Crippen LogP contribution is 2.25. The lowest BCUT2D eigenvalue weighted by Crippen LogP contribution is -1.92. The quantitative estimate of drug-likeness (QED) is 0.569. The summed E-state index contributed by atoms with van der Waals surface area (Å²) in [5.41, 5.74) is 0.435. The molecule has 1 nitrogen and oxygen atoms in total. The van der Waals surface area contributed by atoms with Crippen molar-refractivity contribution in [1.82, 2.24) is 0 Å². The third-order valence-electron chi connectivity index (χ3n) is 1.39. The van der Waals surface area contributed by atoms with Crippen molar-refractivity contribution in [3.8, 4) is 6.07 Å². The molecule has 0 N–H and O–H groups in total. The average molecular weight is 340 g/mol. The molecule has 0 saturated carbocycles. The zero-order chi connectivity index (χ0) is 9.14. The molecule has 0 fully saturated rings. The van der Waals surface area contributed by atoms with Crippen molar-refractivity contribution in [2.24, 2.45) is 0 Å². The number of rotatable bonds is 1. The first-order valence-corrected chi connectivity index (χ1v) is 5.03. The van der Waals surface area contributed by atoms with Crippen LogP contribution in [0.2, 0.25) is 0 Å². The Kier molecular flexibility index (Phi) is 3.47. The first-order valence-electron chi connectivity index (χ1n) is 3.16. The molecule has 0 bridgehead atoms. The molecule has 0 heterocycles. The summed E-state index contributed by atoms with van der Waals surface area (Å²) in [4.78, 5) is 0. The molecule has 1 aromatic carbocycles. The molecule has 0 spiro atoms. The third kappa shape index (κ3) is 1.96. The van der Waals surface area contributed by atoms with Gasteiger partial charge in [0.1, 0.15) is 5.82 Å². The molecule has 12 heavy (non-hydrogen) atoms. The van der Waals surface area contributed by atoms with Crippen LogP contribution in [0.25, 0.3) is 0 Å². The summed E-state index contributed by atoms with van der Waals surface area (Å²) in [6.45, 7) is 0. The summed E-state index contributed by atoms with van der Waals surface area (Å²) in [6.07, 6.45) is 0.100. The van der Waals surface area contributed by atoms with Gasteiger partial charge in [-0.05, 0) is 50.7 Å². The fraction of sp³-hybridized carbons (Fsp3) is 0.125. The Morgan fingerprint density at radius 1 is 1.58 bits per heavy atom. The van der Waals surface area contributed by atoms with Crippen molar-refractivity contribution in [2.75, 3.05) is 0 Å². The highest BCUT2D eigenvalue weighted by atomic mass is 127. The van der Waals surface area contributed by atoms with Gasteiger partial charge in [-0.25, -0.2) is 4.39 Å². The van der Waals surface area contributed by atoms with Crippen LogP contribution in [0, 0.1) is 20.7 Å². The van der Waals surface area contributed by atoms with Crippen LogP contribution in [-0.4, -0.2) is 0 Å². The van der Waals surface area contributed by atoms with Crippen LogP contribution in [0.4, 0.5) is 4.39 Å². The maximum atomic E-state index is 13.0. The van der Waals surface area contributed by atoms with E-state index in [2.05, 4.69) is 38.5 Å². The Balaban J connectivity index is 3.25. The molecule has 0 radical (unpaired) electrons. The van der Waals surface area contributed by atoms with Crippen LogP contribution in [0.3, 0.4) is 0 Å². The summed E-state index contributed by atoms with van der Waals surface area (Å²) in [7, 11) is 0. The number of hydrogen-bond donors (Lipinski definition) is 0. The van der Waals surface area contributed by atoms with Crippen molar-refractivity contribution < 1.29 is 4.39 Å². The van der Waals surface area contributed by atoms with Gasteiger partial charge in [0.05, 0.1) is 12.5 Å². The van der Waals surface area contributed by atoms with Gasteiger partial charge in [-0.15, -0.1) is 0 Å². The summed E-state index contributed by atoms with van der Waals surface area (Å²) in [6, 6.07) is 4.96. The Morgan fingerprint density at radius 3 is 2.83 bits per heavy atom. The van der Waals surface area contributed by atoms with E-state index in [-0.39, 0.29) is 12.2 Å². The fourth-order valence-electron chi connectivity index (χ4n) is 0.810. The summed E-state index contributed by atoms with van der Waals surface area (Å²) < 4.78 is 14.6. The average Bonchev–Trinajstić information content (AvgIpc) is 2.06. The van der Waals surface area contributed by atoms with E-state index in [0.29, 0.717) is 10.0 Å². The molecule has 0 aromatic heterocycles. The van der Waals surface area contributed by atoms with Gasteiger partial charge in [-0.3, -0.25) is 0 Å². The molecule has 1 aromatic rings. The van der Waals surface area contributed by atoms with Crippen molar-refractivity contribution >= 4 is 38.5 Å². The first kappa shape index (κ1) is 9.93. The molecule has 0 atom stereocenters. The predicted molar refractivity (Wildman–Crippen MR) is 56.1 cm³/mol. The Bertz CT molecular complexity index is 346. The number of nitrogens with zero attached hydrogens (tertiary/aromatic N) is 1. The minimum absolute atomic E-state index is 0.100. The molecular formula is C8H4BrFIN. The van der Waals surface area contributed by atoms with Gasteiger partial charge in [-0.1, -0.05) is 0 Å². The maximum absolute atomic E-state index is 13.0. The number of benzene rings is 1. The molecule has 0 aliphatic carbocycles. The molecule has 0 unspecified atom stereocenters. The molecule has 1 rings (SSSR count). The number of halogens is 3. The van der Waals surface area contributed by atoms with Gasteiger partial charge in [0.25, 0.3) is 0 Å². The summed E-state index contributed by atoms with van der Waals surface area (Å²) >= 11 is 5.32. The van der Waals surface area contributed by atoms with Crippen molar-refractivity contribution in [2.45, 2.75) is 6.42 Å². The second-order valence-corrected chi connectivity index (χ2v) is 4.11. The zero-order valence-corrected chi connectivity index (χ0v) is 9.69. The first-order chi connectivity index (χ1) is 5.66. The molecule has 0 aliphatic rings. The largest absolute Gasteiger partial charge is 0.207 e. The van der Waals surface area contributed by atoms with Crippen LogP contribution in [-0.2, 0) is 6.42 Å². The summed E-state index contributed by atoms with van der Waals surface area (Å²) in [5.74, 6) is -0.330. The van der Waals surface area contributed by atoms with E-state index < -0.39 is 0 Å². The smallest absolute Gasteiger partial charge is 0.128 e. The van der Waals surface area contributed by atoms with E-state index in [1.165, 1.54) is 6.07 Å². The van der Waals surface area contributed by atoms with Gasteiger partial charge < -0.3 is 0 Å². The Hall–Kier alpha value is -0.150. The standard InChI is InChI=1S/C8H4BrFIN/c9-8-5(3-4-12)6(10)1-2-7(8)11/h1-2H,3H2. The van der Waals surface area contributed by atoms with Gasteiger partial charge in [0.2, 0.25) is 0 Å². The van der Waals surface area contributed by atoms with E-state index in [4.69, 9.17) is 5.26 Å². The monoisotopic (exact) mass is 339 g/mol. The molecule has 0 amide bonds. The summed E-state index contributed by atoms with van der Waals surface area (Å²) in [5, 5.41) is 8.42. The number of nitriles is 1. The molecule has 62 valence electrons. The third-order valence-corrected chi connectivity index (χ3v) is 3.94. The molecule has 4 heteroatoms. The van der Waals surface area contributed by atoms with Crippen molar-refractivity contribution in [3.05, 3.63) is 31.6 Å². The van der Waals surface area contributed by atoms with Crippen molar-refractivity contribution in [1.29, 1.82) is 5.26 Å². The van der Waals surface area contributed by atoms with Crippen LogP contribution in [0.5, 0.6) is 0 Å². The van der Waals surface area contributed by atoms with E-state index >= 15 is 0 Å². The van der Waals surface area contributed by atoms with Gasteiger partial charge in [-0.2, -0.15) is 5.26 Å². The molecule has 0 aliphatic heterocycles. The van der Waals surface area contributed by atoms with E-state index in [0.717, 1.165) is 3.57 Å². The van der Waals surface area contributed by atoms with Crippen LogP contribution < -0.4 is 0 Å². The Morgan fingerprint density at radius 2 is 2.25 bits per heavy atom. The van der Waals surface area contributed by atoms with Gasteiger partial charge >= 0.3 is 0 Å². The lowest BCUT2D eigenvalue weighted by molar-refractivity contribution is 0.613. The minimum Gasteiger partial charge on any atom is -0.207 e. The highest BCUT2D eigenvalue weighted by Gasteiger charge is 2.08. The second-order valence-electron chi connectivity index (χ2n) is 2.16. The second kappa shape index (κ2) is 4.19. The maximum Gasteiger partial charge on any atom is 0.128 e. The normalized spacial score (nSPS) is 9.50. The van der Waals surface area contributed by atoms with Crippen LogP contribution >= 0.6 is 38.5 Å². The lowest BCUT2D eigenvalue weighted by Gasteiger charge is -2.02. The van der Waals surface area contributed by atoms with E-state index in [1.54, 1.807) is 6.07 Å². The molecular weight excluding hydrogens is 336 g/mol. The predicted octanol–water partition coefficient (Wildman–Crippen LogP) is 3.26. The van der Waals surface area contributed by atoms with Crippen LogP contribution in [0.1, 0.15) is 5.56 Å². The van der Waals surface area contributed by atoms with Crippen molar-refractivity contribution in [3.63, 3.8) is 0 Å². The van der Waals surface area contributed by atoms with Gasteiger partial charge in [0, 0.05) is 13.6 Å². The van der Waals surface area contributed by atoms with E-state index in [9.17, 15) is 4.39 Å². The van der Waals surface area contributed by atoms with E-state index in [1.807, 2.05) is 6.07 Å².